The van der Waals surface area contributed by atoms with Crippen molar-refractivity contribution in [2.24, 2.45) is 5.10 Å². The predicted octanol–water partition coefficient (Wildman–Crippen LogP) is 0.387. The molecule has 3 heteroatoms. The molecule has 0 aromatic rings. The lowest BCUT2D eigenvalue weighted by Crippen LogP contribution is -1.96. The maximum absolute atomic E-state index is 3.71. The summed E-state index contributed by atoms with van der Waals surface area (Å²) in [5.74, 6) is 0. The van der Waals surface area contributed by atoms with Gasteiger partial charge >= 0.3 is 0 Å². The Bertz CT molecular complexity index is 46.8. The average Bonchev–Trinajstić information content (AvgIpc) is 1.76. The van der Waals surface area contributed by atoms with Gasteiger partial charge in [-0.3, -0.25) is 0 Å². The zero-order valence-electron chi connectivity index (χ0n) is 3.35. The molecule has 0 atom stereocenters. The van der Waals surface area contributed by atoms with Crippen LogP contribution < -0.4 is 5.43 Å². The maximum Gasteiger partial charge on any atom is 0.0379 e. The van der Waals surface area contributed by atoms with Crippen molar-refractivity contribution in [2.45, 2.75) is 6.42 Å². The van der Waals surface area contributed by atoms with E-state index < -0.39 is 0 Å². The van der Waals surface area contributed by atoms with Gasteiger partial charge in [-0.1, -0.05) is 0 Å². The molecule has 0 saturated heterocycles. The molecule has 36 valence electrons. The molecular formula is C3H7ClN2. The molecule has 1 rings (SSSR count). The van der Waals surface area contributed by atoms with Crippen LogP contribution in [0.4, 0.5) is 0 Å². The molecule has 0 spiro atoms. The number of hydrogen-bond acceptors (Lipinski definition) is 2. The molecule has 0 radical (unpaired) electrons. The summed E-state index contributed by atoms with van der Waals surface area (Å²) in [7, 11) is 0. The molecular weight excluding hydrogens is 99.5 g/mol. The minimum atomic E-state index is 0. The summed E-state index contributed by atoms with van der Waals surface area (Å²) in [6.45, 7) is 1.03. The smallest absolute Gasteiger partial charge is 0.0379 e. The molecule has 0 unspecified atom stereocenters. The third-order valence-electron chi connectivity index (χ3n) is 0.568. The van der Waals surface area contributed by atoms with Crippen molar-refractivity contribution in [2.75, 3.05) is 6.54 Å². The van der Waals surface area contributed by atoms with Crippen molar-refractivity contribution in [1.82, 2.24) is 5.43 Å². The van der Waals surface area contributed by atoms with Crippen molar-refractivity contribution in [3.8, 4) is 0 Å². The summed E-state index contributed by atoms with van der Waals surface area (Å²) in [5.41, 5.74) is 2.79. The highest BCUT2D eigenvalue weighted by Crippen LogP contribution is 1.75. The lowest BCUT2D eigenvalue weighted by Gasteiger charge is -1.76. The van der Waals surface area contributed by atoms with Crippen LogP contribution in [-0.2, 0) is 0 Å². The zero-order chi connectivity index (χ0) is 3.54. The molecule has 1 heterocycles. The van der Waals surface area contributed by atoms with Gasteiger partial charge in [0.25, 0.3) is 0 Å². The first-order valence-electron chi connectivity index (χ1n) is 1.74. The fourth-order valence-electron chi connectivity index (χ4n) is 0.323. The van der Waals surface area contributed by atoms with Crippen LogP contribution in [0.1, 0.15) is 6.42 Å². The van der Waals surface area contributed by atoms with Crippen LogP contribution in [0, 0.1) is 0 Å². The fraction of sp³-hybridized carbons (Fsp3) is 0.667. The van der Waals surface area contributed by atoms with Crippen LogP contribution >= 0.6 is 12.4 Å². The normalized spacial score (nSPS) is 16.0. The Hall–Kier alpha value is -0.240. The van der Waals surface area contributed by atoms with E-state index in [1.807, 2.05) is 6.21 Å². The summed E-state index contributed by atoms with van der Waals surface area (Å²) < 4.78 is 0. The van der Waals surface area contributed by atoms with Crippen LogP contribution in [-0.4, -0.2) is 12.8 Å². The second kappa shape index (κ2) is 2.97. The van der Waals surface area contributed by atoms with Gasteiger partial charge < -0.3 is 5.43 Å². The molecule has 0 aromatic carbocycles. The van der Waals surface area contributed by atoms with Crippen LogP contribution in [0.15, 0.2) is 5.10 Å². The lowest BCUT2D eigenvalue weighted by atomic mass is 10.5. The third kappa shape index (κ3) is 1.26. The molecule has 6 heavy (non-hydrogen) atoms. The van der Waals surface area contributed by atoms with Crippen molar-refractivity contribution in [1.29, 1.82) is 0 Å². The largest absolute Gasteiger partial charge is 0.310 e. The molecule has 1 aliphatic rings. The Morgan fingerprint density at radius 3 is 2.67 bits per heavy atom. The van der Waals surface area contributed by atoms with Gasteiger partial charge in [0.1, 0.15) is 0 Å². The van der Waals surface area contributed by atoms with E-state index in [2.05, 4.69) is 10.5 Å². The Morgan fingerprint density at radius 2 is 2.50 bits per heavy atom. The quantitative estimate of drug-likeness (QED) is 0.475. The minimum Gasteiger partial charge on any atom is -0.310 e. The van der Waals surface area contributed by atoms with Gasteiger partial charge in [-0.15, -0.1) is 12.4 Å². The number of halogens is 1. The van der Waals surface area contributed by atoms with Crippen molar-refractivity contribution < 1.29 is 0 Å². The SMILES string of the molecule is C1=NNCC1.Cl. The first-order chi connectivity index (χ1) is 2.50. The molecule has 1 N–H and O–H groups in total. The second-order valence-electron chi connectivity index (χ2n) is 1.01. The number of nitrogens with zero attached hydrogens (tertiary/aromatic N) is 1. The lowest BCUT2D eigenvalue weighted by molar-refractivity contribution is 0.813. The summed E-state index contributed by atoms with van der Waals surface area (Å²) in [5, 5.41) is 3.71. The van der Waals surface area contributed by atoms with Crippen LogP contribution in [0.5, 0.6) is 0 Å². The van der Waals surface area contributed by atoms with Crippen molar-refractivity contribution in [3.05, 3.63) is 0 Å². The summed E-state index contributed by atoms with van der Waals surface area (Å²) in [6.07, 6.45) is 2.97. The topological polar surface area (TPSA) is 24.4 Å². The van der Waals surface area contributed by atoms with Gasteiger partial charge in [-0.25, -0.2) is 0 Å². The van der Waals surface area contributed by atoms with E-state index in [0.29, 0.717) is 0 Å². The van der Waals surface area contributed by atoms with E-state index in [4.69, 9.17) is 0 Å². The van der Waals surface area contributed by atoms with Gasteiger partial charge in [-0.2, -0.15) is 5.10 Å². The number of rotatable bonds is 0. The molecule has 2 nitrogen and oxygen atoms in total. The van der Waals surface area contributed by atoms with Crippen molar-refractivity contribution >= 4 is 18.6 Å². The number of hydrazone groups is 1. The maximum atomic E-state index is 3.71. The zero-order valence-corrected chi connectivity index (χ0v) is 4.16. The highest BCUT2D eigenvalue weighted by molar-refractivity contribution is 5.85. The fourth-order valence-corrected chi connectivity index (χ4v) is 0.323. The first-order valence-corrected chi connectivity index (χ1v) is 1.74. The van der Waals surface area contributed by atoms with E-state index in [-0.39, 0.29) is 12.4 Å². The average molecular weight is 107 g/mol. The molecule has 0 fully saturated rings. The molecule has 0 aromatic heterocycles. The second-order valence-corrected chi connectivity index (χ2v) is 1.01. The monoisotopic (exact) mass is 106 g/mol. The predicted molar refractivity (Wildman–Crippen MR) is 28.4 cm³/mol. The Balaban J connectivity index is 0.000000250. The molecule has 1 aliphatic heterocycles. The van der Waals surface area contributed by atoms with Gasteiger partial charge in [0, 0.05) is 19.2 Å². The molecule has 0 aliphatic carbocycles. The van der Waals surface area contributed by atoms with Gasteiger partial charge in [0.15, 0.2) is 0 Å². The van der Waals surface area contributed by atoms with Crippen LogP contribution in [0.25, 0.3) is 0 Å². The van der Waals surface area contributed by atoms with E-state index in [1.54, 1.807) is 0 Å². The molecule has 0 bridgehead atoms. The van der Waals surface area contributed by atoms with E-state index in [9.17, 15) is 0 Å². The highest BCUT2D eigenvalue weighted by atomic mass is 35.5. The summed E-state index contributed by atoms with van der Waals surface area (Å²) in [4.78, 5) is 0. The highest BCUT2D eigenvalue weighted by Gasteiger charge is 1.83. The minimum absolute atomic E-state index is 0. The Kier molecular flexibility index (Phi) is 2.85. The third-order valence-corrected chi connectivity index (χ3v) is 0.568. The Labute approximate surface area is 43.0 Å². The van der Waals surface area contributed by atoms with Crippen LogP contribution in [0.2, 0.25) is 0 Å². The van der Waals surface area contributed by atoms with Crippen molar-refractivity contribution in [3.63, 3.8) is 0 Å². The Morgan fingerprint density at radius 1 is 1.67 bits per heavy atom. The van der Waals surface area contributed by atoms with Gasteiger partial charge in [-0.05, 0) is 0 Å². The van der Waals surface area contributed by atoms with Gasteiger partial charge in [0.05, 0.1) is 0 Å². The van der Waals surface area contributed by atoms with E-state index in [0.717, 1.165) is 13.0 Å². The molecule has 0 amide bonds. The molecule has 0 saturated carbocycles. The van der Waals surface area contributed by atoms with E-state index in [1.165, 1.54) is 0 Å². The standard InChI is InChI=1S/C3H6N2.ClH/c1-2-4-5-3-1;/h2,5H,1,3H2;1H. The number of hydrogen-bond donors (Lipinski definition) is 1. The first kappa shape index (κ1) is 5.76. The van der Waals surface area contributed by atoms with Gasteiger partial charge in [0.2, 0.25) is 0 Å². The van der Waals surface area contributed by atoms with Crippen LogP contribution in [0.3, 0.4) is 0 Å². The van der Waals surface area contributed by atoms with E-state index >= 15 is 0 Å². The summed E-state index contributed by atoms with van der Waals surface area (Å²) >= 11 is 0. The number of nitrogens with one attached hydrogen (secondary N) is 1. The summed E-state index contributed by atoms with van der Waals surface area (Å²) in [6, 6.07) is 0.